The molecule has 0 spiro atoms. The summed E-state index contributed by atoms with van der Waals surface area (Å²) >= 11 is 0. The molecule has 6 heteroatoms. The molecule has 0 fully saturated rings. The maximum Gasteiger partial charge on any atom is 0.303 e. The summed E-state index contributed by atoms with van der Waals surface area (Å²) in [7, 11) is 0. The molecule has 0 radical (unpaired) electrons. The SMILES string of the molecule is C=Cc1ccc2c(c1)C1=C[C@@H](OC(C)=O)[C@H](OC(C)=O)[C@]1(OC(C)=O)C2. The van der Waals surface area contributed by atoms with Crippen LogP contribution in [-0.2, 0) is 35.0 Å². The fourth-order valence-corrected chi connectivity index (χ4v) is 3.77. The minimum Gasteiger partial charge on any atom is -0.454 e. The normalized spacial score (nSPS) is 25.6. The first kappa shape index (κ1) is 17.9. The predicted octanol–water partition coefficient (Wildman–Crippen LogP) is 2.45. The summed E-state index contributed by atoms with van der Waals surface area (Å²) in [5, 5.41) is 0. The van der Waals surface area contributed by atoms with Crippen LogP contribution in [0.1, 0.15) is 37.5 Å². The molecule has 0 heterocycles. The third-order valence-corrected chi connectivity index (χ3v) is 4.58. The van der Waals surface area contributed by atoms with Crippen LogP contribution in [0, 0.1) is 0 Å². The maximum atomic E-state index is 11.9. The highest BCUT2D eigenvalue weighted by Gasteiger charge is 2.60. The summed E-state index contributed by atoms with van der Waals surface area (Å²) in [6.45, 7) is 7.62. The van der Waals surface area contributed by atoms with Gasteiger partial charge in [0.15, 0.2) is 17.8 Å². The lowest BCUT2D eigenvalue weighted by molar-refractivity contribution is -0.184. The van der Waals surface area contributed by atoms with Gasteiger partial charge in [-0.25, -0.2) is 0 Å². The number of hydrogen-bond acceptors (Lipinski definition) is 6. The van der Waals surface area contributed by atoms with Gasteiger partial charge in [-0.05, 0) is 28.8 Å². The monoisotopic (exact) mass is 356 g/mol. The highest BCUT2D eigenvalue weighted by molar-refractivity contribution is 5.87. The van der Waals surface area contributed by atoms with E-state index in [1.54, 1.807) is 12.2 Å². The Morgan fingerprint density at radius 1 is 1.12 bits per heavy atom. The van der Waals surface area contributed by atoms with Gasteiger partial charge in [0, 0.05) is 32.8 Å². The second-order valence-electron chi connectivity index (χ2n) is 6.47. The van der Waals surface area contributed by atoms with E-state index in [2.05, 4.69) is 6.58 Å². The molecule has 0 N–H and O–H groups in total. The molecule has 2 aliphatic carbocycles. The summed E-state index contributed by atoms with van der Waals surface area (Å²) in [5.74, 6) is -1.56. The Hall–Kier alpha value is -2.89. The van der Waals surface area contributed by atoms with E-state index in [0.717, 1.165) is 16.7 Å². The van der Waals surface area contributed by atoms with Crippen molar-refractivity contribution < 1.29 is 28.6 Å². The molecule has 0 bridgehead atoms. The van der Waals surface area contributed by atoms with E-state index in [1.807, 2.05) is 18.2 Å². The molecule has 3 rings (SSSR count). The fraction of sp³-hybridized carbons (Fsp3) is 0.350. The van der Waals surface area contributed by atoms with Crippen LogP contribution >= 0.6 is 0 Å². The zero-order valence-corrected chi connectivity index (χ0v) is 14.9. The van der Waals surface area contributed by atoms with Crippen LogP contribution in [0.25, 0.3) is 11.6 Å². The highest BCUT2D eigenvalue weighted by atomic mass is 16.6. The predicted molar refractivity (Wildman–Crippen MR) is 93.8 cm³/mol. The molecule has 3 atom stereocenters. The van der Waals surface area contributed by atoms with Crippen molar-refractivity contribution in [1.29, 1.82) is 0 Å². The van der Waals surface area contributed by atoms with Crippen molar-refractivity contribution in [2.75, 3.05) is 0 Å². The minimum absolute atomic E-state index is 0.334. The van der Waals surface area contributed by atoms with E-state index in [4.69, 9.17) is 14.2 Å². The van der Waals surface area contributed by atoms with Crippen LogP contribution in [0.15, 0.2) is 30.9 Å². The van der Waals surface area contributed by atoms with Crippen molar-refractivity contribution in [2.45, 2.75) is 45.0 Å². The number of esters is 3. The van der Waals surface area contributed by atoms with Gasteiger partial charge in [-0.3, -0.25) is 14.4 Å². The van der Waals surface area contributed by atoms with Crippen molar-refractivity contribution in [3.05, 3.63) is 47.5 Å². The highest BCUT2D eigenvalue weighted by Crippen LogP contribution is 2.51. The average molecular weight is 356 g/mol. The van der Waals surface area contributed by atoms with Crippen molar-refractivity contribution in [3.8, 4) is 0 Å². The summed E-state index contributed by atoms with van der Waals surface area (Å²) < 4.78 is 16.5. The molecule has 6 nitrogen and oxygen atoms in total. The Bertz CT molecular complexity index is 837. The summed E-state index contributed by atoms with van der Waals surface area (Å²) in [6, 6.07) is 5.78. The van der Waals surface area contributed by atoms with Crippen LogP contribution in [0.3, 0.4) is 0 Å². The second-order valence-corrected chi connectivity index (χ2v) is 6.47. The molecule has 0 aromatic heterocycles. The number of carbonyl (C=O) groups excluding carboxylic acids is 3. The molecule has 1 aromatic rings. The Balaban J connectivity index is 2.15. The van der Waals surface area contributed by atoms with Gasteiger partial charge >= 0.3 is 17.9 Å². The van der Waals surface area contributed by atoms with Gasteiger partial charge in [0.2, 0.25) is 0 Å². The molecule has 0 amide bonds. The quantitative estimate of drug-likeness (QED) is 0.609. The van der Waals surface area contributed by atoms with Crippen molar-refractivity contribution in [2.24, 2.45) is 0 Å². The second kappa shape index (κ2) is 6.44. The van der Waals surface area contributed by atoms with Crippen LogP contribution in [-0.4, -0.2) is 35.7 Å². The molecule has 2 aliphatic rings. The summed E-state index contributed by atoms with van der Waals surface area (Å²) in [6.07, 6.45) is 1.99. The average Bonchev–Trinajstić information content (AvgIpc) is 2.97. The summed E-state index contributed by atoms with van der Waals surface area (Å²) in [5.41, 5.74) is 2.21. The van der Waals surface area contributed by atoms with Crippen molar-refractivity contribution >= 4 is 29.6 Å². The van der Waals surface area contributed by atoms with Gasteiger partial charge < -0.3 is 14.2 Å². The fourth-order valence-electron chi connectivity index (χ4n) is 3.77. The molecular formula is C20H20O6. The smallest absolute Gasteiger partial charge is 0.303 e. The van der Waals surface area contributed by atoms with E-state index in [0.29, 0.717) is 12.0 Å². The molecule has 0 unspecified atom stereocenters. The van der Waals surface area contributed by atoms with Gasteiger partial charge in [0.1, 0.15) is 0 Å². The van der Waals surface area contributed by atoms with Crippen LogP contribution in [0.5, 0.6) is 0 Å². The lowest BCUT2D eigenvalue weighted by atomic mass is 9.92. The molecule has 0 aliphatic heterocycles. The van der Waals surface area contributed by atoms with Gasteiger partial charge in [0.25, 0.3) is 0 Å². The first-order valence-electron chi connectivity index (χ1n) is 8.29. The lowest BCUT2D eigenvalue weighted by Gasteiger charge is -2.34. The van der Waals surface area contributed by atoms with Crippen LogP contribution in [0.4, 0.5) is 0 Å². The number of ether oxygens (including phenoxy) is 3. The van der Waals surface area contributed by atoms with Gasteiger partial charge in [-0.1, -0.05) is 24.8 Å². The molecule has 0 saturated carbocycles. The third kappa shape index (κ3) is 2.92. The number of carbonyl (C=O) groups is 3. The molecular weight excluding hydrogens is 336 g/mol. The third-order valence-electron chi connectivity index (χ3n) is 4.58. The van der Waals surface area contributed by atoms with Gasteiger partial charge in [-0.2, -0.15) is 0 Å². The Morgan fingerprint density at radius 3 is 2.38 bits per heavy atom. The van der Waals surface area contributed by atoms with Crippen molar-refractivity contribution in [3.63, 3.8) is 0 Å². The molecule has 1 aromatic carbocycles. The summed E-state index contributed by atoms with van der Waals surface area (Å²) in [4.78, 5) is 35.0. The molecule has 136 valence electrons. The minimum atomic E-state index is -1.21. The zero-order valence-electron chi connectivity index (χ0n) is 14.9. The van der Waals surface area contributed by atoms with Gasteiger partial charge in [0.05, 0.1) is 0 Å². The van der Waals surface area contributed by atoms with Crippen LogP contribution < -0.4 is 0 Å². The van der Waals surface area contributed by atoms with Gasteiger partial charge in [-0.15, -0.1) is 0 Å². The Kier molecular flexibility index (Phi) is 4.44. The van der Waals surface area contributed by atoms with E-state index >= 15 is 0 Å². The largest absolute Gasteiger partial charge is 0.454 e. The van der Waals surface area contributed by atoms with E-state index in [-0.39, 0.29) is 0 Å². The van der Waals surface area contributed by atoms with Crippen LogP contribution in [0.2, 0.25) is 0 Å². The number of hydrogen-bond donors (Lipinski definition) is 0. The van der Waals surface area contributed by atoms with E-state index in [1.165, 1.54) is 20.8 Å². The molecule has 0 saturated heterocycles. The zero-order chi connectivity index (χ0) is 19.1. The van der Waals surface area contributed by atoms with E-state index in [9.17, 15) is 14.4 Å². The maximum absolute atomic E-state index is 11.9. The molecule has 26 heavy (non-hydrogen) atoms. The standard InChI is InChI=1S/C20H20O6/c1-5-14-6-7-15-10-20(26-13(4)23)17(16(15)8-14)9-18(24-11(2)21)19(20)25-12(3)22/h5-9,18-19H,1,10H2,2-4H3/t18-,19+,20+/m1/s1. The van der Waals surface area contributed by atoms with E-state index < -0.39 is 35.7 Å². The first-order valence-corrected chi connectivity index (χ1v) is 8.29. The number of benzene rings is 1. The Labute approximate surface area is 151 Å². The number of fused-ring (bicyclic) bond motifs is 3. The first-order chi connectivity index (χ1) is 12.3. The lowest BCUT2D eigenvalue weighted by Crippen LogP contribution is -2.50. The van der Waals surface area contributed by atoms with Crippen molar-refractivity contribution in [1.82, 2.24) is 0 Å². The Morgan fingerprint density at radius 2 is 1.81 bits per heavy atom. The number of rotatable bonds is 4. The topological polar surface area (TPSA) is 78.9 Å².